The van der Waals surface area contributed by atoms with Gasteiger partial charge in [-0.05, 0) is 25.1 Å². The van der Waals surface area contributed by atoms with Gasteiger partial charge in [0.25, 0.3) is 5.91 Å². The topological polar surface area (TPSA) is 59.2 Å². The molecule has 0 saturated heterocycles. The van der Waals surface area contributed by atoms with Crippen LogP contribution >= 0.6 is 11.6 Å². The number of pyridine rings is 1. The quantitative estimate of drug-likeness (QED) is 0.876. The van der Waals surface area contributed by atoms with E-state index in [9.17, 15) is 4.79 Å². The Morgan fingerprint density at radius 1 is 1.37 bits per heavy atom. The van der Waals surface area contributed by atoms with Crippen LogP contribution in [0.4, 0.5) is 11.4 Å². The molecule has 0 unspecified atom stereocenters. The monoisotopic (exact) mass is 275 g/mol. The third kappa shape index (κ3) is 2.69. The summed E-state index contributed by atoms with van der Waals surface area (Å²) in [6.07, 6.45) is 3.00. The minimum atomic E-state index is -0.187. The van der Waals surface area contributed by atoms with E-state index < -0.39 is 0 Å². The number of benzene rings is 1. The molecular weight excluding hydrogens is 262 g/mol. The van der Waals surface area contributed by atoms with Gasteiger partial charge in [-0.15, -0.1) is 0 Å². The molecule has 1 aromatic heterocycles. The van der Waals surface area contributed by atoms with E-state index in [1.165, 1.54) is 6.20 Å². The van der Waals surface area contributed by atoms with Crippen molar-refractivity contribution in [3.63, 3.8) is 0 Å². The number of rotatable bonds is 3. The molecule has 98 valence electrons. The number of halogens is 1. The largest absolute Gasteiger partial charge is 0.397 e. The Morgan fingerprint density at radius 3 is 2.74 bits per heavy atom. The summed E-state index contributed by atoms with van der Waals surface area (Å²) in [7, 11) is 0. The fourth-order valence-electron chi connectivity index (χ4n) is 1.85. The van der Waals surface area contributed by atoms with Gasteiger partial charge in [0.15, 0.2) is 0 Å². The lowest BCUT2D eigenvalue weighted by Crippen LogP contribution is -2.31. The maximum absolute atomic E-state index is 12.5. The number of hydrogen-bond acceptors (Lipinski definition) is 3. The standard InChI is InChI=1S/C14H14ClN3O/c1-2-18(13-6-4-3-5-12(13)16)14(19)10-7-8-17-9-11(10)15/h3-9H,2,16H2,1H3. The molecule has 5 heteroatoms. The predicted octanol–water partition coefficient (Wildman–Crippen LogP) is 2.98. The highest BCUT2D eigenvalue weighted by atomic mass is 35.5. The molecule has 0 aliphatic heterocycles. The van der Waals surface area contributed by atoms with E-state index in [-0.39, 0.29) is 5.91 Å². The van der Waals surface area contributed by atoms with Gasteiger partial charge in [-0.1, -0.05) is 23.7 Å². The Morgan fingerprint density at radius 2 is 2.11 bits per heavy atom. The Bertz CT molecular complexity index is 601. The van der Waals surface area contributed by atoms with Crippen LogP contribution in [0.1, 0.15) is 17.3 Å². The van der Waals surface area contributed by atoms with Gasteiger partial charge in [0.1, 0.15) is 0 Å². The van der Waals surface area contributed by atoms with Gasteiger partial charge in [0, 0.05) is 18.9 Å². The molecule has 1 heterocycles. The van der Waals surface area contributed by atoms with Crippen molar-refractivity contribution < 1.29 is 4.79 Å². The molecule has 2 N–H and O–H groups in total. The maximum atomic E-state index is 12.5. The van der Waals surface area contributed by atoms with Crippen LogP contribution in [0.3, 0.4) is 0 Å². The van der Waals surface area contributed by atoms with E-state index >= 15 is 0 Å². The summed E-state index contributed by atoms with van der Waals surface area (Å²) in [6, 6.07) is 8.85. The molecule has 19 heavy (non-hydrogen) atoms. The molecule has 0 fully saturated rings. The van der Waals surface area contributed by atoms with Crippen LogP contribution in [-0.4, -0.2) is 17.4 Å². The van der Waals surface area contributed by atoms with E-state index in [2.05, 4.69) is 4.98 Å². The highest BCUT2D eigenvalue weighted by Crippen LogP contribution is 2.25. The number of carbonyl (C=O) groups is 1. The molecule has 0 bridgehead atoms. The van der Waals surface area contributed by atoms with Crippen molar-refractivity contribution >= 4 is 28.9 Å². The SMILES string of the molecule is CCN(C(=O)c1ccncc1Cl)c1ccccc1N. The van der Waals surface area contributed by atoms with E-state index in [0.29, 0.717) is 28.5 Å². The van der Waals surface area contributed by atoms with Crippen molar-refractivity contribution in [2.45, 2.75) is 6.92 Å². The highest BCUT2D eigenvalue weighted by molar-refractivity contribution is 6.34. The van der Waals surface area contributed by atoms with Crippen LogP contribution in [0.25, 0.3) is 0 Å². The number of carbonyl (C=O) groups excluding carboxylic acids is 1. The van der Waals surface area contributed by atoms with Gasteiger partial charge in [0.2, 0.25) is 0 Å². The molecule has 2 rings (SSSR count). The van der Waals surface area contributed by atoms with Gasteiger partial charge in [-0.3, -0.25) is 9.78 Å². The number of amides is 1. The lowest BCUT2D eigenvalue weighted by Gasteiger charge is -2.22. The molecule has 0 radical (unpaired) electrons. The summed E-state index contributed by atoms with van der Waals surface area (Å²) in [6.45, 7) is 2.39. The molecule has 0 saturated carbocycles. The molecule has 4 nitrogen and oxygen atoms in total. The summed E-state index contributed by atoms with van der Waals surface area (Å²) in [5.74, 6) is -0.187. The van der Waals surface area contributed by atoms with Crippen molar-refractivity contribution in [2.24, 2.45) is 0 Å². The number of nitrogens with two attached hydrogens (primary N) is 1. The summed E-state index contributed by atoms with van der Waals surface area (Å²) in [4.78, 5) is 18.0. The van der Waals surface area contributed by atoms with Gasteiger partial charge in [-0.2, -0.15) is 0 Å². The van der Waals surface area contributed by atoms with Crippen LogP contribution in [0.5, 0.6) is 0 Å². The molecule has 1 aromatic carbocycles. The average Bonchev–Trinajstić information content (AvgIpc) is 2.42. The second kappa shape index (κ2) is 5.71. The van der Waals surface area contributed by atoms with Gasteiger partial charge in [0.05, 0.1) is 22.0 Å². The van der Waals surface area contributed by atoms with E-state index in [1.807, 2.05) is 25.1 Å². The van der Waals surface area contributed by atoms with Crippen molar-refractivity contribution in [3.05, 3.63) is 53.3 Å². The van der Waals surface area contributed by atoms with Gasteiger partial charge < -0.3 is 10.6 Å². The zero-order chi connectivity index (χ0) is 13.8. The van der Waals surface area contributed by atoms with Crippen LogP contribution in [-0.2, 0) is 0 Å². The van der Waals surface area contributed by atoms with E-state index in [1.54, 1.807) is 23.2 Å². The molecule has 0 spiro atoms. The summed E-state index contributed by atoms with van der Waals surface area (Å²) in [5.41, 5.74) is 7.57. The van der Waals surface area contributed by atoms with Crippen molar-refractivity contribution in [3.8, 4) is 0 Å². The normalized spacial score (nSPS) is 10.2. The lowest BCUT2D eigenvalue weighted by atomic mass is 10.2. The highest BCUT2D eigenvalue weighted by Gasteiger charge is 2.19. The minimum Gasteiger partial charge on any atom is -0.397 e. The smallest absolute Gasteiger partial charge is 0.259 e. The number of para-hydroxylation sites is 2. The Kier molecular flexibility index (Phi) is 4.02. The number of anilines is 2. The Balaban J connectivity index is 2.41. The molecule has 0 aliphatic carbocycles. The molecule has 1 amide bonds. The van der Waals surface area contributed by atoms with Crippen LogP contribution < -0.4 is 10.6 Å². The summed E-state index contributed by atoms with van der Waals surface area (Å²) < 4.78 is 0. The first-order valence-electron chi connectivity index (χ1n) is 5.91. The lowest BCUT2D eigenvalue weighted by molar-refractivity contribution is 0.0988. The number of nitrogen functional groups attached to an aromatic ring is 1. The third-order valence-electron chi connectivity index (χ3n) is 2.79. The first kappa shape index (κ1) is 13.4. The van der Waals surface area contributed by atoms with E-state index in [4.69, 9.17) is 17.3 Å². The Labute approximate surface area is 116 Å². The molecule has 2 aromatic rings. The predicted molar refractivity (Wildman–Crippen MR) is 77.5 cm³/mol. The minimum absolute atomic E-state index is 0.187. The van der Waals surface area contributed by atoms with Crippen LogP contribution in [0.2, 0.25) is 5.02 Å². The summed E-state index contributed by atoms with van der Waals surface area (Å²) >= 11 is 6.01. The van der Waals surface area contributed by atoms with Crippen molar-refractivity contribution in [1.82, 2.24) is 4.98 Å². The zero-order valence-electron chi connectivity index (χ0n) is 10.5. The van der Waals surface area contributed by atoms with Crippen LogP contribution in [0.15, 0.2) is 42.7 Å². The molecular formula is C14H14ClN3O. The second-order valence-electron chi connectivity index (χ2n) is 3.96. The fraction of sp³-hybridized carbons (Fsp3) is 0.143. The zero-order valence-corrected chi connectivity index (χ0v) is 11.3. The molecule has 0 aliphatic rings. The van der Waals surface area contributed by atoms with Gasteiger partial charge >= 0.3 is 0 Å². The summed E-state index contributed by atoms with van der Waals surface area (Å²) in [5, 5.41) is 0.334. The third-order valence-corrected chi connectivity index (χ3v) is 3.09. The first-order chi connectivity index (χ1) is 9.15. The average molecular weight is 276 g/mol. The fourth-order valence-corrected chi connectivity index (χ4v) is 2.05. The van der Waals surface area contributed by atoms with Gasteiger partial charge in [-0.25, -0.2) is 0 Å². The van der Waals surface area contributed by atoms with E-state index in [0.717, 1.165) is 0 Å². The van der Waals surface area contributed by atoms with Crippen molar-refractivity contribution in [1.29, 1.82) is 0 Å². The number of nitrogens with zero attached hydrogens (tertiary/aromatic N) is 2. The number of hydrogen-bond donors (Lipinski definition) is 1. The van der Waals surface area contributed by atoms with Crippen LogP contribution in [0, 0.1) is 0 Å². The molecule has 0 atom stereocenters. The van der Waals surface area contributed by atoms with Crippen molar-refractivity contribution in [2.75, 3.05) is 17.2 Å². The number of aromatic nitrogens is 1. The maximum Gasteiger partial charge on any atom is 0.259 e. The second-order valence-corrected chi connectivity index (χ2v) is 4.37. The first-order valence-corrected chi connectivity index (χ1v) is 6.28. The Hall–Kier alpha value is -2.07.